The van der Waals surface area contributed by atoms with Gasteiger partial charge in [0.25, 0.3) is 0 Å². The fourth-order valence-electron chi connectivity index (χ4n) is 1.96. The summed E-state index contributed by atoms with van der Waals surface area (Å²) in [6, 6.07) is 2.05. The van der Waals surface area contributed by atoms with E-state index < -0.39 is 5.60 Å². The van der Waals surface area contributed by atoms with Crippen molar-refractivity contribution >= 4 is 27.3 Å². The molecule has 2 heterocycles. The van der Waals surface area contributed by atoms with Crippen LogP contribution >= 0.6 is 27.3 Å². The van der Waals surface area contributed by atoms with Crippen molar-refractivity contribution in [1.29, 1.82) is 0 Å². The van der Waals surface area contributed by atoms with E-state index in [-0.39, 0.29) is 0 Å². The normalized spacial score (nSPS) is 21.8. The lowest BCUT2D eigenvalue weighted by molar-refractivity contribution is -0.0145. The average Bonchev–Trinajstić information content (AvgIpc) is 2.58. The lowest BCUT2D eigenvalue weighted by atomic mass is 9.88. The van der Waals surface area contributed by atoms with Crippen LogP contribution in [0.3, 0.4) is 0 Å². The van der Waals surface area contributed by atoms with Crippen LogP contribution in [0.2, 0.25) is 0 Å². The summed E-state index contributed by atoms with van der Waals surface area (Å²) in [7, 11) is 2.11. The molecule has 0 radical (unpaired) electrons. The molecule has 0 aromatic carbocycles. The molecule has 1 aromatic heterocycles. The smallest absolute Gasteiger partial charge is 0.0720 e. The van der Waals surface area contributed by atoms with E-state index in [0.717, 1.165) is 36.8 Å². The summed E-state index contributed by atoms with van der Waals surface area (Å²) in [5.41, 5.74) is -0.486. The SMILES string of the molecule is CN1CCC(O)(Cc2sccc2Br)CC1. The van der Waals surface area contributed by atoms with Crippen LogP contribution in [0.4, 0.5) is 0 Å². The molecular weight excluding hydrogens is 274 g/mol. The van der Waals surface area contributed by atoms with Crippen molar-refractivity contribution in [3.05, 3.63) is 20.8 Å². The molecular formula is C11H16BrNOS. The predicted octanol–water partition coefficient (Wildman–Crippen LogP) is 2.51. The molecule has 2 rings (SSSR count). The van der Waals surface area contributed by atoms with Gasteiger partial charge >= 0.3 is 0 Å². The van der Waals surface area contributed by atoms with Crippen LogP contribution in [0, 0.1) is 0 Å². The molecule has 2 nitrogen and oxygen atoms in total. The van der Waals surface area contributed by atoms with Crippen molar-refractivity contribution in [2.75, 3.05) is 20.1 Å². The van der Waals surface area contributed by atoms with Crippen molar-refractivity contribution in [3.63, 3.8) is 0 Å². The molecule has 1 aromatic rings. The summed E-state index contributed by atoms with van der Waals surface area (Å²) >= 11 is 5.24. The minimum Gasteiger partial charge on any atom is -0.389 e. The van der Waals surface area contributed by atoms with E-state index in [0.29, 0.717) is 0 Å². The van der Waals surface area contributed by atoms with E-state index >= 15 is 0 Å². The summed E-state index contributed by atoms with van der Waals surface area (Å²) in [6.07, 6.45) is 2.56. The zero-order chi connectivity index (χ0) is 10.9. The van der Waals surface area contributed by atoms with Gasteiger partial charge in [-0.3, -0.25) is 0 Å². The molecule has 1 aliphatic heterocycles. The Balaban J connectivity index is 2.02. The van der Waals surface area contributed by atoms with Crippen LogP contribution in [0.1, 0.15) is 17.7 Å². The van der Waals surface area contributed by atoms with Crippen LogP contribution < -0.4 is 0 Å². The highest BCUT2D eigenvalue weighted by atomic mass is 79.9. The molecule has 0 bridgehead atoms. The standard InChI is InChI=1S/C11H16BrNOS/c1-13-5-3-11(14,4-6-13)8-10-9(12)2-7-15-10/h2,7,14H,3-6,8H2,1H3. The lowest BCUT2D eigenvalue weighted by Gasteiger charge is -2.36. The first-order valence-electron chi connectivity index (χ1n) is 5.22. The van der Waals surface area contributed by atoms with E-state index in [1.807, 2.05) is 0 Å². The highest BCUT2D eigenvalue weighted by molar-refractivity contribution is 9.10. The number of hydrogen-bond acceptors (Lipinski definition) is 3. The minimum atomic E-state index is -0.486. The van der Waals surface area contributed by atoms with Crippen molar-refractivity contribution in [2.24, 2.45) is 0 Å². The number of aliphatic hydroxyl groups is 1. The molecule has 84 valence electrons. The number of likely N-dealkylation sites (tertiary alicyclic amines) is 1. The Bertz CT molecular complexity index is 331. The number of piperidine rings is 1. The van der Waals surface area contributed by atoms with Gasteiger partial charge in [-0.1, -0.05) is 0 Å². The number of halogens is 1. The number of hydrogen-bond donors (Lipinski definition) is 1. The Hall–Kier alpha value is 0.100. The Kier molecular flexibility index (Phi) is 3.50. The molecule has 0 amide bonds. The Labute approximate surface area is 103 Å². The van der Waals surface area contributed by atoms with Crippen LogP contribution in [-0.4, -0.2) is 35.7 Å². The Morgan fingerprint density at radius 2 is 2.20 bits per heavy atom. The molecule has 0 unspecified atom stereocenters. The first-order chi connectivity index (χ1) is 7.09. The van der Waals surface area contributed by atoms with Crippen LogP contribution in [0.15, 0.2) is 15.9 Å². The monoisotopic (exact) mass is 289 g/mol. The van der Waals surface area contributed by atoms with Crippen molar-refractivity contribution in [1.82, 2.24) is 4.90 Å². The predicted molar refractivity (Wildman–Crippen MR) is 67.4 cm³/mol. The zero-order valence-electron chi connectivity index (χ0n) is 8.87. The quantitative estimate of drug-likeness (QED) is 0.904. The molecule has 0 atom stereocenters. The second-order valence-electron chi connectivity index (χ2n) is 4.40. The number of nitrogens with zero attached hydrogens (tertiary/aromatic N) is 1. The number of thiophene rings is 1. The molecule has 0 spiro atoms. The van der Waals surface area contributed by atoms with Gasteiger partial charge in [0.2, 0.25) is 0 Å². The fraction of sp³-hybridized carbons (Fsp3) is 0.636. The average molecular weight is 290 g/mol. The van der Waals surface area contributed by atoms with E-state index in [1.165, 1.54) is 4.88 Å². The molecule has 4 heteroatoms. The maximum atomic E-state index is 10.4. The number of rotatable bonds is 2. The van der Waals surface area contributed by atoms with Crippen LogP contribution in [0.25, 0.3) is 0 Å². The van der Waals surface area contributed by atoms with Crippen LogP contribution in [-0.2, 0) is 6.42 Å². The second kappa shape index (κ2) is 4.53. The third kappa shape index (κ3) is 2.81. The molecule has 15 heavy (non-hydrogen) atoms. The third-order valence-corrected chi connectivity index (χ3v) is 5.02. The third-order valence-electron chi connectivity index (χ3n) is 3.10. The summed E-state index contributed by atoms with van der Waals surface area (Å²) in [5.74, 6) is 0. The van der Waals surface area contributed by atoms with E-state index in [4.69, 9.17) is 0 Å². The van der Waals surface area contributed by atoms with Gasteiger partial charge in [-0.15, -0.1) is 11.3 Å². The second-order valence-corrected chi connectivity index (χ2v) is 6.25. The van der Waals surface area contributed by atoms with Gasteiger partial charge in [0.1, 0.15) is 0 Å². The maximum Gasteiger partial charge on any atom is 0.0720 e. The fourth-order valence-corrected chi connectivity index (χ4v) is 3.59. The molecule has 1 fully saturated rings. The first-order valence-corrected chi connectivity index (χ1v) is 6.89. The van der Waals surface area contributed by atoms with E-state index in [2.05, 4.69) is 39.3 Å². The van der Waals surface area contributed by atoms with Gasteiger partial charge in [-0.05, 0) is 47.3 Å². The Morgan fingerprint density at radius 1 is 1.53 bits per heavy atom. The van der Waals surface area contributed by atoms with Gasteiger partial charge in [0, 0.05) is 28.9 Å². The van der Waals surface area contributed by atoms with Crippen molar-refractivity contribution in [3.8, 4) is 0 Å². The Morgan fingerprint density at radius 3 is 2.73 bits per heavy atom. The zero-order valence-corrected chi connectivity index (χ0v) is 11.3. The highest BCUT2D eigenvalue weighted by Crippen LogP contribution is 2.31. The summed E-state index contributed by atoms with van der Waals surface area (Å²) < 4.78 is 1.14. The summed E-state index contributed by atoms with van der Waals surface area (Å²) in [6.45, 7) is 2.00. The maximum absolute atomic E-state index is 10.4. The first kappa shape index (κ1) is 11.6. The minimum absolute atomic E-state index is 0.486. The molecule has 1 N–H and O–H groups in total. The van der Waals surface area contributed by atoms with Gasteiger partial charge in [-0.25, -0.2) is 0 Å². The molecule has 1 aliphatic rings. The van der Waals surface area contributed by atoms with E-state index in [1.54, 1.807) is 11.3 Å². The summed E-state index contributed by atoms with van der Waals surface area (Å²) in [5, 5.41) is 12.5. The van der Waals surface area contributed by atoms with Crippen LogP contribution in [0.5, 0.6) is 0 Å². The highest BCUT2D eigenvalue weighted by Gasteiger charge is 2.32. The summed E-state index contributed by atoms with van der Waals surface area (Å²) in [4.78, 5) is 3.54. The van der Waals surface area contributed by atoms with Gasteiger partial charge in [-0.2, -0.15) is 0 Å². The van der Waals surface area contributed by atoms with Gasteiger partial charge in [0.15, 0.2) is 0 Å². The molecule has 0 aliphatic carbocycles. The van der Waals surface area contributed by atoms with Crippen molar-refractivity contribution < 1.29 is 5.11 Å². The van der Waals surface area contributed by atoms with Gasteiger partial charge < -0.3 is 10.0 Å². The topological polar surface area (TPSA) is 23.5 Å². The van der Waals surface area contributed by atoms with Gasteiger partial charge in [0.05, 0.1) is 5.60 Å². The van der Waals surface area contributed by atoms with E-state index in [9.17, 15) is 5.11 Å². The lowest BCUT2D eigenvalue weighted by Crippen LogP contribution is -2.44. The molecule has 1 saturated heterocycles. The molecule has 0 saturated carbocycles. The van der Waals surface area contributed by atoms with Crippen molar-refractivity contribution in [2.45, 2.75) is 24.9 Å². The largest absolute Gasteiger partial charge is 0.389 e.